The Balaban J connectivity index is 2.10. The minimum absolute atomic E-state index is 0.0722. The van der Waals surface area contributed by atoms with Crippen molar-refractivity contribution in [2.24, 2.45) is 10.8 Å². The summed E-state index contributed by atoms with van der Waals surface area (Å²) < 4.78 is 34.3. The van der Waals surface area contributed by atoms with Crippen molar-refractivity contribution in [2.75, 3.05) is 20.1 Å². The second kappa shape index (κ2) is 17.1. The molecule has 0 bridgehead atoms. The molecule has 0 spiro atoms. The number of benzene rings is 2. The molecule has 11 heteroatoms. The van der Waals surface area contributed by atoms with Crippen molar-refractivity contribution < 1.29 is 42.3 Å². The van der Waals surface area contributed by atoms with Crippen LogP contribution in [0.15, 0.2) is 72.6 Å². The van der Waals surface area contributed by atoms with Gasteiger partial charge in [0.2, 0.25) is 19.5 Å². The lowest BCUT2D eigenvalue weighted by molar-refractivity contribution is -0.188. The predicted molar refractivity (Wildman–Crippen MR) is 162 cm³/mol. The van der Waals surface area contributed by atoms with Gasteiger partial charge in [0.15, 0.2) is 0 Å². The molecule has 0 aliphatic rings. The maximum absolute atomic E-state index is 13.5. The highest BCUT2D eigenvalue weighted by Gasteiger charge is 2.28. The summed E-state index contributed by atoms with van der Waals surface area (Å²) in [7, 11) is -4.09. The number of hydrogen-bond donors (Lipinski definition) is 0. The van der Waals surface area contributed by atoms with Gasteiger partial charge in [-0.3, -0.25) is 32.8 Å². The monoisotopic (exact) mass is 617 g/mol. The summed E-state index contributed by atoms with van der Waals surface area (Å²) in [6.45, 7) is 8.75. The van der Waals surface area contributed by atoms with Crippen LogP contribution in [0, 0.1) is 10.8 Å². The number of carbonyl (C=O) groups excluding carboxylic acids is 3. The second-order valence-corrected chi connectivity index (χ2v) is 13.7. The number of aryl methyl sites for hydroxylation is 1. The van der Waals surface area contributed by atoms with Gasteiger partial charge in [-0.2, -0.15) is 0 Å². The van der Waals surface area contributed by atoms with Gasteiger partial charge in [0.1, 0.15) is 6.61 Å². The van der Waals surface area contributed by atoms with Crippen molar-refractivity contribution in [3.63, 3.8) is 0 Å². The van der Waals surface area contributed by atoms with E-state index in [1.807, 2.05) is 60.7 Å². The third kappa shape index (κ3) is 14.1. The van der Waals surface area contributed by atoms with Crippen LogP contribution < -0.4 is 0 Å². The molecule has 0 saturated heterocycles. The lowest BCUT2D eigenvalue weighted by Crippen LogP contribution is -2.31. The van der Waals surface area contributed by atoms with Crippen LogP contribution in [-0.4, -0.2) is 43.0 Å². The van der Waals surface area contributed by atoms with Crippen molar-refractivity contribution in [1.29, 1.82) is 0 Å². The Morgan fingerprint density at radius 3 is 1.74 bits per heavy atom. The molecule has 0 saturated carbocycles. The van der Waals surface area contributed by atoms with Gasteiger partial charge in [-0.05, 0) is 65.5 Å². The molecule has 0 aliphatic heterocycles. The average molecular weight is 618 g/mol. The van der Waals surface area contributed by atoms with Gasteiger partial charge in [-0.25, -0.2) is 5.06 Å². The van der Waals surface area contributed by atoms with Crippen LogP contribution >= 0.6 is 7.60 Å². The third-order valence-corrected chi connectivity index (χ3v) is 7.34. The normalized spacial score (nSPS) is 12.2. The van der Waals surface area contributed by atoms with Gasteiger partial charge >= 0.3 is 19.5 Å². The fourth-order valence-electron chi connectivity index (χ4n) is 3.30. The van der Waals surface area contributed by atoms with Crippen molar-refractivity contribution in [3.05, 3.63) is 83.7 Å². The molecule has 2 aromatic rings. The van der Waals surface area contributed by atoms with E-state index in [2.05, 4.69) is 0 Å². The minimum Gasteiger partial charge on any atom is -0.438 e. The van der Waals surface area contributed by atoms with Gasteiger partial charge in [-0.15, -0.1) is 0 Å². The smallest absolute Gasteiger partial charge is 0.359 e. The molecule has 2 aromatic carbocycles. The molecular weight excluding hydrogens is 573 g/mol. The Kier molecular flexibility index (Phi) is 14.3. The van der Waals surface area contributed by atoms with Gasteiger partial charge in [0.05, 0.1) is 17.4 Å². The Labute approximate surface area is 254 Å². The largest absolute Gasteiger partial charge is 0.438 e. The summed E-state index contributed by atoms with van der Waals surface area (Å²) in [5.74, 6) is -0.266. The Hall–Kier alpha value is -3.30. The van der Waals surface area contributed by atoms with Gasteiger partial charge in [0.25, 0.3) is 0 Å². The van der Waals surface area contributed by atoms with Crippen molar-refractivity contribution in [3.8, 4) is 0 Å². The summed E-state index contributed by atoms with van der Waals surface area (Å²) in [5, 5.41) is 1.19. The van der Waals surface area contributed by atoms with E-state index in [1.54, 1.807) is 41.5 Å². The quantitative estimate of drug-likeness (QED) is 0.0867. The molecule has 0 N–H and O–H groups in total. The average Bonchev–Trinajstić information content (AvgIpc) is 2.94. The van der Waals surface area contributed by atoms with Crippen LogP contribution in [0.3, 0.4) is 0 Å². The van der Waals surface area contributed by atoms with Crippen LogP contribution in [0.1, 0.15) is 65.5 Å². The zero-order valence-electron chi connectivity index (χ0n) is 25.9. The summed E-state index contributed by atoms with van der Waals surface area (Å²) in [5.41, 5.74) is 0.391. The first kappa shape index (κ1) is 35.9. The van der Waals surface area contributed by atoms with Crippen LogP contribution in [0.25, 0.3) is 0 Å². The molecule has 0 atom stereocenters. The highest BCUT2D eigenvalue weighted by atomic mass is 31.2. The Morgan fingerprint density at radius 2 is 1.26 bits per heavy atom. The summed E-state index contributed by atoms with van der Waals surface area (Å²) in [6.07, 6.45) is 2.97. The molecule has 236 valence electrons. The van der Waals surface area contributed by atoms with E-state index in [9.17, 15) is 18.9 Å². The number of amides is 1. The second-order valence-electron chi connectivity index (χ2n) is 11.8. The zero-order chi connectivity index (χ0) is 31.9. The van der Waals surface area contributed by atoms with Crippen LogP contribution in [-0.2, 0) is 55.3 Å². The van der Waals surface area contributed by atoms with Gasteiger partial charge in [0, 0.05) is 12.2 Å². The van der Waals surface area contributed by atoms with Crippen molar-refractivity contribution in [2.45, 2.75) is 67.4 Å². The van der Waals surface area contributed by atoms with Crippen molar-refractivity contribution >= 4 is 25.4 Å². The molecule has 2 rings (SSSR count). The topological polar surface area (TPSA) is 118 Å². The highest BCUT2D eigenvalue weighted by molar-refractivity contribution is 7.57. The maximum atomic E-state index is 13.5. The summed E-state index contributed by atoms with van der Waals surface area (Å²) in [4.78, 5) is 43.2. The van der Waals surface area contributed by atoms with Crippen LogP contribution in [0.4, 0.5) is 0 Å². The van der Waals surface area contributed by atoms with Crippen LogP contribution in [0.5, 0.6) is 0 Å². The van der Waals surface area contributed by atoms with E-state index >= 15 is 0 Å². The lowest BCUT2D eigenvalue weighted by Gasteiger charge is -2.22. The third-order valence-electron chi connectivity index (χ3n) is 5.84. The number of rotatable bonds is 16. The predicted octanol–water partition coefficient (Wildman–Crippen LogP) is 6.80. The molecule has 0 aliphatic carbocycles. The molecule has 43 heavy (non-hydrogen) atoms. The van der Waals surface area contributed by atoms with Crippen molar-refractivity contribution in [1.82, 2.24) is 5.06 Å². The summed E-state index contributed by atoms with van der Waals surface area (Å²) in [6, 6.07) is 19.2. The molecule has 0 heterocycles. The maximum Gasteiger partial charge on any atom is 0.359 e. The van der Waals surface area contributed by atoms with E-state index < -0.39 is 44.0 Å². The van der Waals surface area contributed by atoms with Gasteiger partial charge in [-0.1, -0.05) is 66.7 Å². The molecule has 1 amide bonds. The number of hydroxylamine groups is 2. The van der Waals surface area contributed by atoms with E-state index in [0.29, 0.717) is 6.42 Å². The zero-order valence-corrected chi connectivity index (χ0v) is 26.8. The van der Waals surface area contributed by atoms with Crippen LogP contribution in [0.2, 0.25) is 0 Å². The lowest BCUT2D eigenvalue weighted by atomic mass is 9.98. The Morgan fingerprint density at radius 1 is 0.767 bits per heavy atom. The molecule has 0 unspecified atom stereocenters. The first-order valence-corrected chi connectivity index (χ1v) is 15.7. The number of ether oxygens (including phenoxy) is 2. The molecular formula is C32H44NO9P. The number of esters is 2. The van der Waals surface area contributed by atoms with Gasteiger partial charge < -0.3 is 9.47 Å². The molecule has 0 aromatic heterocycles. The SMILES string of the molecule is CC(C)(C)C(=O)OCOP(=O)(/C=C/CN(OCc1ccccc1)C(=O)CCCc1ccccc1)OCOC(=O)C(C)(C)C. The fourth-order valence-corrected chi connectivity index (χ4v) is 4.30. The van der Waals surface area contributed by atoms with E-state index in [1.165, 1.54) is 11.1 Å². The standard InChI is InChI=1S/C32H44NO9P/c1-31(2,3)29(35)38-24-41-43(37,42-25-39-30(36)32(4,5)6)22-14-21-33(40-23-27-17-11-8-12-18-27)28(34)20-13-19-26-15-9-7-10-16-26/h7-12,14-18,22H,13,19-21,23-25H2,1-6H3/b22-14+. The first-order chi connectivity index (χ1) is 20.2. The highest BCUT2D eigenvalue weighted by Crippen LogP contribution is 2.50. The number of hydrogen-bond acceptors (Lipinski definition) is 9. The minimum atomic E-state index is -4.09. The molecule has 0 fully saturated rings. The van der Waals surface area contributed by atoms with E-state index in [4.69, 9.17) is 23.4 Å². The molecule has 10 nitrogen and oxygen atoms in total. The first-order valence-electron chi connectivity index (χ1n) is 14.1. The van der Waals surface area contributed by atoms with E-state index in [-0.39, 0.29) is 25.5 Å². The molecule has 0 radical (unpaired) electrons. The van der Waals surface area contributed by atoms with E-state index in [0.717, 1.165) is 23.4 Å². The Bertz CT molecular complexity index is 1200. The number of carbonyl (C=O) groups is 3. The number of nitrogens with zero attached hydrogens (tertiary/aromatic N) is 1. The fraction of sp³-hybridized carbons (Fsp3) is 0.469. The summed E-state index contributed by atoms with van der Waals surface area (Å²) >= 11 is 0.